The molecule has 3 rings (SSSR count). The normalized spacial score (nSPS) is 16.5. The number of rotatable bonds is 6. The van der Waals surface area contributed by atoms with Crippen LogP contribution in [0.25, 0.3) is 6.08 Å². The van der Waals surface area contributed by atoms with Crippen LogP contribution in [0.15, 0.2) is 53.2 Å². The first-order valence-corrected chi connectivity index (χ1v) is 8.52. The first-order valence-electron chi connectivity index (χ1n) is 8.52. The van der Waals surface area contributed by atoms with Gasteiger partial charge in [0, 0.05) is 12.6 Å². The van der Waals surface area contributed by atoms with Crippen LogP contribution in [-0.2, 0) is 4.79 Å². The SMILES string of the molecule is Cc1ccc(/C=C/C(=O)NC[C@@H](c2ccco2)N2CCCC2)cc1. The second-order valence-corrected chi connectivity index (χ2v) is 6.26. The fraction of sp³-hybridized carbons (Fsp3) is 0.350. The second kappa shape index (κ2) is 7.97. The summed E-state index contributed by atoms with van der Waals surface area (Å²) in [6.07, 6.45) is 7.54. The Morgan fingerprint density at radius 2 is 2.00 bits per heavy atom. The van der Waals surface area contributed by atoms with Gasteiger partial charge in [0.2, 0.25) is 5.91 Å². The summed E-state index contributed by atoms with van der Waals surface area (Å²) in [7, 11) is 0. The van der Waals surface area contributed by atoms with Crippen molar-refractivity contribution in [2.45, 2.75) is 25.8 Å². The van der Waals surface area contributed by atoms with Gasteiger partial charge in [-0.25, -0.2) is 0 Å². The van der Waals surface area contributed by atoms with Crippen molar-refractivity contribution in [2.24, 2.45) is 0 Å². The molecule has 4 heteroatoms. The lowest BCUT2D eigenvalue weighted by Crippen LogP contribution is -2.36. The molecule has 1 fully saturated rings. The van der Waals surface area contributed by atoms with Crippen molar-refractivity contribution in [3.05, 3.63) is 65.6 Å². The molecule has 0 aliphatic carbocycles. The fourth-order valence-corrected chi connectivity index (χ4v) is 3.05. The molecule has 1 aliphatic heterocycles. The van der Waals surface area contributed by atoms with Gasteiger partial charge in [-0.1, -0.05) is 29.8 Å². The van der Waals surface area contributed by atoms with Crippen molar-refractivity contribution in [1.29, 1.82) is 0 Å². The zero-order chi connectivity index (χ0) is 16.8. The third kappa shape index (κ3) is 4.36. The standard InChI is InChI=1S/C20H24N2O2/c1-16-6-8-17(9-7-16)10-11-20(23)21-15-18(19-5-4-14-24-19)22-12-2-3-13-22/h4-11,14,18H,2-3,12-13,15H2,1H3,(H,21,23)/b11-10+/t18-/m0/s1. The number of carbonyl (C=O) groups is 1. The lowest BCUT2D eigenvalue weighted by Gasteiger charge is -2.25. The minimum absolute atomic E-state index is 0.0775. The summed E-state index contributed by atoms with van der Waals surface area (Å²) in [5, 5.41) is 3.00. The molecule has 1 aliphatic rings. The molecule has 126 valence electrons. The van der Waals surface area contributed by atoms with Gasteiger partial charge in [-0.05, 0) is 56.6 Å². The van der Waals surface area contributed by atoms with E-state index >= 15 is 0 Å². The fourth-order valence-electron chi connectivity index (χ4n) is 3.05. The maximum Gasteiger partial charge on any atom is 0.244 e. The number of amides is 1. The summed E-state index contributed by atoms with van der Waals surface area (Å²) in [5.74, 6) is 0.839. The topological polar surface area (TPSA) is 45.5 Å². The number of likely N-dealkylation sites (tertiary alicyclic amines) is 1. The highest BCUT2D eigenvalue weighted by Gasteiger charge is 2.25. The molecule has 1 aromatic carbocycles. The first-order chi connectivity index (χ1) is 11.7. The minimum atomic E-state index is -0.0775. The lowest BCUT2D eigenvalue weighted by molar-refractivity contribution is -0.116. The summed E-state index contributed by atoms with van der Waals surface area (Å²) in [6.45, 7) is 4.72. The van der Waals surface area contributed by atoms with E-state index in [0.717, 1.165) is 24.4 Å². The van der Waals surface area contributed by atoms with E-state index < -0.39 is 0 Å². The van der Waals surface area contributed by atoms with E-state index in [1.165, 1.54) is 18.4 Å². The van der Waals surface area contributed by atoms with Crippen LogP contribution in [0.5, 0.6) is 0 Å². The van der Waals surface area contributed by atoms with Crippen LogP contribution in [-0.4, -0.2) is 30.4 Å². The van der Waals surface area contributed by atoms with Crippen LogP contribution in [0.3, 0.4) is 0 Å². The maximum absolute atomic E-state index is 12.1. The number of nitrogens with zero attached hydrogens (tertiary/aromatic N) is 1. The summed E-state index contributed by atoms with van der Waals surface area (Å²) >= 11 is 0. The number of nitrogens with one attached hydrogen (secondary N) is 1. The number of hydrogen-bond acceptors (Lipinski definition) is 3. The molecule has 0 bridgehead atoms. The lowest BCUT2D eigenvalue weighted by atomic mass is 10.1. The van der Waals surface area contributed by atoms with E-state index in [0.29, 0.717) is 6.54 Å². The van der Waals surface area contributed by atoms with Gasteiger partial charge in [0.15, 0.2) is 0 Å². The summed E-state index contributed by atoms with van der Waals surface area (Å²) in [4.78, 5) is 14.5. The van der Waals surface area contributed by atoms with Crippen LogP contribution in [0.4, 0.5) is 0 Å². The third-order valence-electron chi connectivity index (χ3n) is 4.43. The van der Waals surface area contributed by atoms with Gasteiger partial charge < -0.3 is 9.73 Å². The largest absolute Gasteiger partial charge is 0.468 e. The average molecular weight is 324 g/mol. The van der Waals surface area contributed by atoms with Crippen LogP contribution < -0.4 is 5.32 Å². The Hall–Kier alpha value is -2.33. The predicted octanol–water partition coefficient (Wildman–Crippen LogP) is 3.55. The molecule has 0 unspecified atom stereocenters. The van der Waals surface area contributed by atoms with Gasteiger partial charge in [0.05, 0.1) is 12.3 Å². The Morgan fingerprint density at radius 3 is 2.67 bits per heavy atom. The number of hydrogen-bond donors (Lipinski definition) is 1. The highest BCUT2D eigenvalue weighted by atomic mass is 16.3. The molecule has 0 saturated carbocycles. The second-order valence-electron chi connectivity index (χ2n) is 6.26. The van der Waals surface area contributed by atoms with Crippen LogP contribution in [0.2, 0.25) is 0 Å². The minimum Gasteiger partial charge on any atom is -0.468 e. The van der Waals surface area contributed by atoms with Crippen molar-refractivity contribution in [1.82, 2.24) is 10.2 Å². The van der Waals surface area contributed by atoms with Crippen molar-refractivity contribution >= 4 is 12.0 Å². The molecule has 1 atom stereocenters. The number of benzene rings is 1. The molecule has 1 saturated heterocycles. The summed E-state index contributed by atoms with van der Waals surface area (Å²) < 4.78 is 5.57. The van der Waals surface area contributed by atoms with E-state index in [-0.39, 0.29) is 11.9 Å². The van der Waals surface area contributed by atoms with E-state index in [4.69, 9.17) is 4.42 Å². The van der Waals surface area contributed by atoms with Crippen LogP contribution in [0.1, 0.15) is 35.8 Å². The van der Waals surface area contributed by atoms with E-state index in [1.54, 1.807) is 12.3 Å². The molecular weight excluding hydrogens is 300 g/mol. The quantitative estimate of drug-likeness (QED) is 0.827. The van der Waals surface area contributed by atoms with Gasteiger partial charge in [-0.15, -0.1) is 0 Å². The molecule has 1 N–H and O–H groups in total. The molecule has 2 heterocycles. The van der Waals surface area contributed by atoms with E-state index in [1.807, 2.05) is 49.4 Å². The molecular formula is C20H24N2O2. The number of aryl methyl sites for hydroxylation is 1. The van der Waals surface area contributed by atoms with Gasteiger partial charge in [-0.3, -0.25) is 9.69 Å². The number of carbonyl (C=O) groups excluding carboxylic acids is 1. The Morgan fingerprint density at radius 1 is 1.25 bits per heavy atom. The van der Waals surface area contributed by atoms with Crippen molar-refractivity contribution in [3.63, 3.8) is 0 Å². The first kappa shape index (κ1) is 16.5. The van der Waals surface area contributed by atoms with E-state index in [2.05, 4.69) is 10.2 Å². The molecule has 0 spiro atoms. The zero-order valence-corrected chi connectivity index (χ0v) is 14.1. The smallest absolute Gasteiger partial charge is 0.244 e. The third-order valence-corrected chi connectivity index (χ3v) is 4.43. The van der Waals surface area contributed by atoms with Gasteiger partial charge >= 0.3 is 0 Å². The van der Waals surface area contributed by atoms with E-state index in [9.17, 15) is 4.79 Å². The Balaban J connectivity index is 1.57. The molecule has 24 heavy (non-hydrogen) atoms. The van der Waals surface area contributed by atoms with Crippen LogP contribution in [0, 0.1) is 6.92 Å². The monoisotopic (exact) mass is 324 g/mol. The maximum atomic E-state index is 12.1. The molecule has 2 aromatic rings. The molecule has 1 aromatic heterocycles. The molecule has 4 nitrogen and oxygen atoms in total. The summed E-state index contributed by atoms with van der Waals surface area (Å²) in [6, 6.07) is 12.1. The zero-order valence-electron chi connectivity index (χ0n) is 14.1. The van der Waals surface area contributed by atoms with Gasteiger partial charge in [-0.2, -0.15) is 0 Å². The van der Waals surface area contributed by atoms with Crippen molar-refractivity contribution < 1.29 is 9.21 Å². The summed E-state index contributed by atoms with van der Waals surface area (Å²) in [5.41, 5.74) is 2.24. The molecule has 0 radical (unpaired) electrons. The highest BCUT2D eigenvalue weighted by Crippen LogP contribution is 2.24. The number of furan rings is 1. The van der Waals surface area contributed by atoms with Gasteiger partial charge in [0.1, 0.15) is 5.76 Å². The van der Waals surface area contributed by atoms with Crippen molar-refractivity contribution in [3.8, 4) is 0 Å². The molecule has 1 amide bonds. The average Bonchev–Trinajstić information content (AvgIpc) is 3.29. The Bertz CT molecular complexity index is 668. The van der Waals surface area contributed by atoms with Crippen molar-refractivity contribution in [2.75, 3.05) is 19.6 Å². The highest BCUT2D eigenvalue weighted by molar-refractivity contribution is 5.91. The Labute approximate surface area is 143 Å². The van der Waals surface area contributed by atoms with Gasteiger partial charge in [0.25, 0.3) is 0 Å². The predicted molar refractivity (Wildman–Crippen MR) is 95.5 cm³/mol. The Kier molecular flexibility index (Phi) is 5.49. The van der Waals surface area contributed by atoms with Crippen LogP contribution >= 0.6 is 0 Å².